The predicted molar refractivity (Wildman–Crippen MR) is 85.4 cm³/mol. The lowest BCUT2D eigenvalue weighted by Crippen LogP contribution is -1.90. The van der Waals surface area contributed by atoms with Crippen LogP contribution in [0.3, 0.4) is 0 Å². The van der Waals surface area contributed by atoms with Gasteiger partial charge in [0, 0.05) is 17.3 Å². The second kappa shape index (κ2) is 5.89. The molecule has 0 amide bonds. The molecule has 0 aliphatic rings. The number of hydrogen-bond acceptors (Lipinski definition) is 8. The van der Waals surface area contributed by atoms with Gasteiger partial charge in [0.15, 0.2) is 5.75 Å². The van der Waals surface area contributed by atoms with Gasteiger partial charge >= 0.3 is 5.69 Å². The molecule has 0 bridgehead atoms. The highest BCUT2D eigenvalue weighted by atomic mass is 79.9. The van der Waals surface area contributed by atoms with Crippen LogP contribution in [-0.2, 0) is 0 Å². The Morgan fingerprint density at radius 3 is 2.58 bits per heavy atom. The number of nitrogens with zero attached hydrogens (tertiary/aromatic N) is 4. The minimum atomic E-state index is -0.825. The highest BCUT2D eigenvalue weighted by Crippen LogP contribution is 2.39. The molecular weight excluding hydrogens is 384 g/mol. The van der Waals surface area contributed by atoms with Gasteiger partial charge in [0.2, 0.25) is 11.6 Å². The number of halogens is 1. The van der Waals surface area contributed by atoms with Gasteiger partial charge in [-0.1, -0.05) is 0 Å². The largest absolute Gasteiger partial charge is 0.504 e. The third kappa shape index (κ3) is 2.78. The summed E-state index contributed by atoms with van der Waals surface area (Å²) >= 11 is 3.30. The molecule has 10 heteroatoms. The molecular formula is C14H9BrN4O5. The summed E-state index contributed by atoms with van der Waals surface area (Å²) in [5.41, 5.74) is 0.788. The third-order valence-electron chi connectivity index (χ3n) is 3.16. The van der Waals surface area contributed by atoms with Crippen molar-refractivity contribution in [1.82, 2.24) is 15.2 Å². The Labute approximate surface area is 142 Å². The van der Waals surface area contributed by atoms with Crippen LogP contribution in [0.25, 0.3) is 22.9 Å². The molecule has 0 atom stereocenters. The number of phenols is 2. The maximum Gasteiger partial charge on any atom is 0.315 e. The van der Waals surface area contributed by atoms with Crippen molar-refractivity contribution < 1.29 is 19.6 Å². The molecule has 0 radical (unpaired) electrons. The van der Waals surface area contributed by atoms with E-state index in [1.807, 2.05) is 6.92 Å². The van der Waals surface area contributed by atoms with E-state index in [2.05, 4.69) is 31.1 Å². The first-order valence-corrected chi connectivity index (χ1v) is 7.34. The monoisotopic (exact) mass is 392 g/mol. The van der Waals surface area contributed by atoms with E-state index in [4.69, 9.17) is 4.42 Å². The van der Waals surface area contributed by atoms with Crippen LogP contribution in [0.2, 0.25) is 0 Å². The van der Waals surface area contributed by atoms with Crippen LogP contribution >= 0.6 is 15.9 Å². The lowest BCUT2D eigenvalue weighted by molar-refractivity contribution is -0.385. The molecule has 0 fully saturated rings. The fourth-order valence-corrected chi connectivity index (χ4v) is 2.58. The minimum absolute atomic E-state index is 0.0455. The van der Waals surface area contributed by atoms with Crippen molar-refractivity contribution in [2.45, 2.75) is 6.92 Å². The fourth-order valence-electron chi connectivity index (χ4n) is 2.00. The zero-order valence-corrected chi connectivity index (χ0v) is 13.7. The number of pyridine rings is 1. The van der Waals surface area contributed by atoms with Crippen LogP contribution in [0.15, 0.2) is 33.3 Å². The van der Waals surface area contributed by atoms with E-state index in [9.17, 15) is 20.3 Å². The first kappa shape index (κ1) is 15.9. The Kier molecular flexibility index (Phi) is 3.89. The number of phenolic OH excluding ortho intramolecular Hbond substituents is 2. The van der Waals surface area contributed by atoms with E-state index in [1.165, 1.54) is 0 Å². The van der Waals surface area contributed by atoms with E-state index in [-0.39, 0.29) is 17.3 Å². The van der Waals surface area contributed by atoms with Gasteiger partial charge in [-0.25, -0.2) is 4.98 Å². The second-order valence-electron chi connectivity index (χ2n) is 4.82. The van der Waals surface area contributed by atoms with Crippen LogP contribution in [0, 0.1) is 17.0 Å². The van der Waals surface area contributed by atoms with E-state index < -0.39 is 22.1 Å². The highest BCUT2D eigenvalue weighted by Gasteiger charge is 2.22. The quantitative estimate of drug-likeness (QED) is 0.300. The van der Waals surface area contributed by atoms with Crippen LogP contribution < -0.4 is 0 Å². The lowest BCUT2D eigenvalue weighted by atomic mass is 10.1. The van der Waals surface area contributed by atoms with E-state index >= 15 is 0 Å². The van der Waals surface area contributed by atoms with E-state index in [1.54, 1.807) is 12.1 Å². The summed E-state index contributed by atoms with van der Waals surface area (Å²) in [5.74, 6) is -1.37. The summed E-state index contributed by atoms with van der Waals surface area (Å²) < 4.78 is 6.01. The number of rotatable bonds is 3. The number of benzene rings is 1. The van der Waals surface area contributed by atoms with Crippen molar-refractivity contribution >= 4 is 21.6 Å². The summed E-state index contributed by atoms with van der Waals surface area (Å²) in [6.07, 6.45) is 0. The van der Waals surface area contributed by atoms with Crippen molar-refractivity contribution in [3.05, 3.63) is 44.7 Å². The molecule has 0 saturated carbocycles. The zero-order chi connectivity index (χ0) is 17.4. The molecule has 3 aromatic rings. The standard InChI is InChI=1S/C14H9BrN4O5/c1-6-2-3-8(12(15)16-6)14-18-17-13(24-14)7-4-9(19(22)23)11(21)10(20)5-7/h2-5,20-21H,1H3. The van der Waals surface area contributed by atoms with Crippen molar-refractivity contribution in [2.24, 2.45) is 0 Å². The van der Waals surface area contributed by atoms with Crippen molar-refractivity contribution in [3.8, 4) is 34.4 Å². The van der Waals surface area contributed by atoms with Gasteiger partial charge in [0.1, 0.15) is 4.60 Å². The van der Waals surface area contributed by atoms with Crippen LogP contribution in [0.1, 0.15) is 5.69 Å². The normalized spacial score (nSPS) is 10.8. The average Bonchev–Trinajstić information content (AvgIpc) is 2.99. The lowest BCUT2D eigenvalue weighted by Gasteiger charge is -2.02. The summed E-state index contributed by atoms with van der Waals surface area (Å²) in [4.78, 5) is 14.3. The Morgan fingerprint density at radius 1 is 1.21 bits per heavy atom. The number of hydrogen-bond donors (Lipinski definition) is 2. The fraction of sp³-hybridized carbons (Fsp3) is 0.0714. The third-order valence-corrected chi connectivity index (χ3v) is 3.76. The molecule has 24 heavy (non-hydrogen) atoms. The number of nitro benzene ring substituents is 1. The molecule has 0 aliphatic heterocycles. The Morgan fingerprint density at radius 2 is 1.92 bits per heavy atom. The molecule has 2 heterocycles. The van der Waals surface area contributed by atoms with Gasteiger partial charge < -0.3 is 14.6 Å². The number of nitro groups is 1. The van der Waals surface area contributed by atoms with Crippen molar-refractivity contribution in [1.29, 1.82) is 0 Å². The van der Waals surface area contributed by atoms with Gasteiger partial charge in [-0.2, -0.15) is 0 Å². The summed E-state index contributed by atoms with van der Waals surface area (Å²) in [7, 11) is 0. The molecule has 0 spiro atoms. The average molecular weight is 393 g/mol. The SMILES string of the molecule is Cc1ccc(-c2nnc(-c3cc(O)c(O)c([N+](=O)[O-])c3)o2)c(Br)n1. The van der Waals surface area contributed by atoms with Crippen LogP contribution in [-0.4, -0.2) is 30.3 Å². The molecule has 1 aromatic carbocycles. The number of aromatic hydroxyl groups is 2. The van der Waals surface area contributed by atoms with Gasteiger partial charge in [0.25, 0.3) is 5.89 Å². The Hall–Kier alpha value is -3.01. The predicted octanol–water partition coefficient (Wildman–Crippen LogP) is 3.19. The Balaban J connectivity index is 2.07. The van der Waals surface area contributed by atoms with Crippen LogP contribution in [0.4, 0.5) is 5.69 Å². The van der Waals surface area contributed by atoms with Crippen molar-refractivity contribution in [2.75, 3.05) is 0 Å². The maximum atomic E-state index is 10.9. The topological polar surface area (TPSA) is 135 Å². The summed E-state index contributed by atoms with van der Waals surface area (Å²) in [6, 6.07) is 5.64. The number of aromatic nitrogens is 3. The molecule has 2 aromatic heterocycles. The van der Waals surface area contributed by atoms with Gasteiger partial charge in [-0.05, 0) is 41.1 Å². The highest BCUT2D eigenvalue weighted by molar-refractivity contribution is 9.10. The number of aryl methyl sites for hydroxylation is 1. The summed E-state index contributed by atoms with van der Waals surface area (Å²) in [6.45, 7) is 1.83. The van der Waals surface area contributed by atoms with E-state index in [0.717, 1.165) is 17.8 Å². The molecule has 2 N–H and O–H groups in total. The first-order valence-electron chi connectivity index (χ1n) is 6.54. The second-order valence-corrected chi connectivity index (χ2v) is 5.57. The first-order chi connectivity index (χ1) is 11.4. The summed E-state index contributed by atoms with van der Waals surface area (Å²) in [5, 5.41) is 37.8. The van der Waals surface area contributed by atoms with Gasteiger partial charge in [-0.15, -0.1) is 10.2 Å². The van der Waals surface area contributed by atoms with Gasteiger partial charge in [-0.3, -0.25) is 10.1 Å². The maximum absolute atomic E-state index is 10.9. The molecule has 0 aliphatic carbocycles. The van der Waals surface area contributed by atoms with E-state index in [0.29, 0.717) is 10.2 Å². The minimum Gasteiger partial charge on any atom is -0.504 e. The van der Waals surface area contributed by atoms with Gasteiger partial charge in [0.05, 0.1) is 10.5 Å². The molecule has 0 unspecified atom stereocenters. The zero-order valence-electron chi connectivity index (χ0n) is 12.1. The Bertz CT molecular complexity index is 956. The van der Waals surface area contributed by atoms with Crippen molar-refractivity contribution in [3.63, 3.8) is 0 Å². The molecule has 0 saturated heterocycles. The smallest absolute Gasteiger partial charge is 0.315 e. The molecule has 9 nitrogen and oxygen atoms in total. The van der Waals surface area contributed by atoms with Crippen LogP contribution in [0.5, 0.6) is 11.5 Å². The molecule has 3 rings (SSSR count). The molecule has 122 valence electrons.